The molecular formula is C18H19NO3. The number of benzene rings is 1. The van der Waals surface area contributed by atoms with Gasteiger partial charge >= 0.3 is 0 Å². The van der Waals surface area contributed by atoms with E-state index >= 15 is 0 Å². The molecule has 2 aromatic rings. The highest BCUT2D eigenvalue weighted by Gasteiger charge is 2.17. The van der Waals surface area contributed by atoms with Crippen LogP contribution in [0, 0.1) is 0 Å². The van der Waals surface area contributed by atoms with Crippen LogP contribution in [0.2, 0.25) is 0 Å². The van der Waals surface area contributed by atoms with Crippen LogP contribution in [0.25, 0.3) is 6.08 Å². The predicted molar refractivity (Wildman–Crippen MR) is 84.6 cm³/mol. The predicted octanol–water partition coefficient (Wildman–Crippen LogP) is 3.45. The van der Waals surface area contributed by atoms with Crippen molar-refractivity contribution in [2.24, 2.45) is 0 Å². The van der Waals surface area contributed by atoms with Crippen LogP contribution in [0.3, 0.4) is 0 Å². The summed E-state index contributed by atoms with van der Waals surface area (Å²) in [5.41, 5.74) is 2.21. The summed E-state index contributed by atoms with van der Waals surface area (Å²) >= 11 is 0. The van der Waals surface area contributed by atoms with Gasteiger partial charge in [-0.1, -0.05) is 6.07 Å². The number of furan rings is 1. The van der Waals surface area contributed by atoms with Crippen molar-refractivity contribution in [2.75, 3.05) is 13.7 Å². The van der Waals surface area contributed by atoms with E-state index in [1.165, 1.54) is 5.56 Å². The fraction of sp³-hybridized carbons (Fsp3) is 0.278. The summed E-state index contributed by atoms with van der Waals surface area (Å²) in [6, 6.07) is 9.60. The number of likely N-dealkylation sites (N-methyl/N-ethyl adjacent to an activating group) is 1. The van der Waals surface area contributed by atoms with Crippen LogP contribution in [-0.2, 0) is 11.2 Å². The SMILES string of the molecule is CC(c1ccco1)N(C)C(=O)/C=C/c1ccc2c(c1)CCO2. The first kappa shape index (κ1) is 14.4. The standard InChI is InChI=1S/C18H19NO3/c1-13(16-4-3-10-21-16)19(2)18(20)8-6-14-5-7-17-15(12-14)9-11-22-17/h3-8,10,12-13H,9,11H2,1-2H3/b8-6+. The molecule has 1 unspecified atom stereocenters. The molecule has 22 heavy (non-hydrogen) atoms. The summed E-state index contributed by atoms with van der Waals surface area (Å²) < 4.78 is 10.8. The Morgan fingerprint density at radius 1 is 1.36 bits per heavy atom. The Morgan fingerprint density at radius 2 is 2.23 bits per heavy atom. The number of ether oxygens (including phenoxy) is 1. The molecular weight excluding hydrogens is 278 g/mol. The molecule has 1 amide bonds. The van der Waals surface area contributed by atoms with Crippen molar-refractivity contribution >= 4 is 12.0 Å². The molecule has 0 bridgehead atoms. The highest BCUT2D eigenvalue weighted by Crippen LogP contribution is 2.26. The number of hydrogen-bond acceptors (Lipinski definition) is 3. The summed E-state index contributed by atoms with van der Waals surface area (Å²) in [6.07, 6.45) is 5.98. The first-order valence-corrected chi connectivity index (χ1v) is 7.39. The zero-order valence-corrected chi connectivity index (χ0v) is 12.8. The van der Waals surface area contributed by atoms with E-state index < -0.39 is 0 Å². The molecule has 114 valence electrons. The first-order chi connectivity index (χ1) is 10.6. The molecule has 0 spiro atoms. The van der Waals surface area contributed by atoms with Crippen LogP contribution in [0.15, 0.2) is 47.1 Å². The molecule has 4 heteroatoms. The molecule has 3 rings (SSSR count). The molecule has 0 fully saturated rings. The van der Waals surface area contributed by atoms with Crippen molar-refractivity contribution in [1.82, 2.24) is 4.90 Å². The fourth-order valence-electron chi connectivity index (χ4n) is 2.51. The van der Waals surface area contributed by atoms with Gasteiger partial charge in [-0.2, -0.15) is 0 Å². The second-order valence-electron chi connectivity index (χ2n) is 5.44. The van der Waals surface area contributed by atoms with Crippen LogP contribution in [0.4, 0.5) is 0 Å². The number of hydrogen-bond donors (Lipinski definition) is 0. The number of amides is 1. The number of fused-ring (bicyclic) bond motifs is 1. The summed E-state index contributed by atoms with van der Waals surface area (Å²) in [5, 5.41) is 0. The minimum absolute atomic E-state index is 0.0550. The van der Waals surface area contributed by atoms with Gasteiger partial charge in [-0.3, -0.25) is 4.79 Å². The van der Waals surface area contributed by atoms with E-state index in [-0.39, 0.29) is 11.9 Å². The van der Waals surface area contributed by atoms with Gasteiger partial charge in [0.15, 0.2) is 0 Å². The largest absolute Gasteiger partial charge is 0.493 e. The van der Waals surface area contributed by atoms with Gasteiger partial charge in [0.25, 0.3) is 0 Å². The van der Waals surface area contributed by atoms with Crippen molar-refractivity contribution in [1.29, 1.82) is 0 Å². The topological polar surface area (TPSA) is 42.7 Å². The van der Waals surface area contributed by atoms with Crippen LogP contribution in [0.5, 0.6) is 5.75 Å². The van der Waals surface area contributed by atoms with Gasteiger partial charge in [0.05, 0.1) is 18.9 Å². The smallest absolute Gasteiger partial charge is 0.246 e. The van der Waals surface area contributed by atoms with Gasteiger partial charge in [0.1, 0.15) is 11.5 Å². The lowest BCUT2D eigenvalue weighted by atomic mass is 10.1. The third-order valence-electron chi connectivity index (χ3n) is 4.02. The summed E-state index contributed by atoms with van der Waals surface area (Å²) in [6.45, 7) is 2.68. The molecule has 0 radical (unpaired) electrons. The van der Waals surface area contributed by atoms with E-state index in [4.69, 9.17) is 9.15 Å². The maximum absolute atomic E-state index is 12.3. The Hall–Kier alpha value is -2.49. The molecule has 0 saturated carbocycles. The second-order valence-corrected chi connectivity index (χ2v) is 5.44. The molecule has 1 aliphatic rings. The van der Waals surface area contributed by atoms with Crippen molar-refractivity contribution < 1.29 is 13.9 Å². The van der Waals surface area contributed by atoms with E-state index in [1.807, 2.05) is 37.3 Å². The molecule has 0 saturated heterocycles. The Bertz CT molecular complexity index is 688. The zero-order valence-electron chi connectivity index (χ0n) is 12.8. The van der Waals surface area contributed by atoms with Gasteiger partial charge < -0.3 is 14.1 Å². The van der Waals surface area contributed by atoms with Crippen molar-refractivity contribution in [3.05, 3.63) is 59.6 Å². The third-order valence-corrected chi connectivity index (χ3v) is 4.02. The number of carbonyl (C=O) groups is 1. The lowest BCUT2D eigenvalue weighted by molar-refractivity contribution is -0.126. The number of nitrogens with zero attached hydrogens (tertiary/aromatic N) is 1. The number of carbonyl (C=O) groups excluding carboxylic acids is 1. The van der Waals surface area contributed by atoms with Gasteiger partial charge in [-0.05, 0) is 48.4 Å². The molecule has 1 aromatic carbocycles. The first-order valence-electron chi connectivity index (χ1n) is 7.39. The van der Waals surface area contributed by atoms with E-state index in [0.717, 1.165) is 30.1 Å². The van der Waals surface area contributed by atoms with Crippen molar-refractivity contribution in [3.63, 3.8) is 0 Å². The van der Waals surface area contributed by atoms with Gasteiger partial charge in [-0.25, -0.2) is 0 Å². The van der Waals surface area contributed by atoms with Gasteiger partial charge in [0, 0.05) is 19.5 Å². The van der Waals surface area contributed by atoms with Crippen LogP contribution < -0.4 is 4.74 Å². The van der Waals surface area contributed by atoms with Crippen LogP contribution in [-0.4, -0.2) is 24.5 Å². The van der Waals surface area contributed by atoms with Gasteiger partial charge in [-0.15, -0.1) is 0 Å². The number of rotatable bonds is 4. The Kier molecular flexibility index (Phi) is 4.00. The Morgan fingerprint density at radius 3 is 3.00 bits per heavy atom. The molecule has 4 nitrogen and oxygen atoms in total. The molecule has 0 aliphatic carbocycles. The third kappa shape index (κ3) is 2.91. The summed E-state index contributed by atoms with van der Waals surface area (Å²) in [4.78, 5) is 13.9. The minimum atomic E-state index is -0.0967. The van der Waals surface area contributed by atoms with Crippen LogP contribution in [0.1, 0.15) is 29.9 Å². The summed E-state index contributed by atoms with van der Waals surface area (Å²) in [5.74, 6) is 1.67. The van der Waals surface area contributed by atoms with E-state index in [1.54, 1.807) is 24.3 Å². The van der Waals surface area contributed by atoms with Crippen LogP contribution >= 0.6 is 0 Å². The molecule has 0 N–H and O–H groups in total. The van der Waals surface area contributed by atoms with Crippen molar-refractivity contribution in [2.45, 2.75) is 19.4 Å². The quantitative estimate of drug-likeness (QED) is 0.812. The minimum Gasteiger partial charge on any atom is -0.493 e. The summed E-state index contributed by atoms with van der Waals surface area (Å²) in [7, 11) is 1.77. The molecule has 1 aromatic heterocycles. The highest BCUT2D eigenvalue weighted by atomic mass is 16.5. The fourth-order valence-corrected chi connectivity index (χ4v) is 2.51. The van der Waals surface area contributed by atoms with E-state index in [0.29, 0.717) is 0 Å². The van der Waals surface area contributed by atoms with E-state index in [9.17, 15) is 4.79 Å². The zero-order chi connectivity index (χ0) is 15.5. The highest BCUT2D eigenvalue weighted by molar-refractivity contribution is 5.91. The normalized spacial score (nSPS) is 14.6. The Balaban J connectivity index is 1.68. The Labute approximate surface area is 130 Å². The maximum atomic E-state index is 12.3. The average Bonchev–Trinajstić information content (AvgIpc) is 3.21. The second kappa shape index (κ2) is 6.10. The monoisotopic (exact) mass is 297 g/mol. The average molecular weight is 297 g/mol. The molecule has 1 aliphatic heterocycles. The van der Waals surface area contributed by atoms with E-state index in [2.05, 4.69) is 6.07 Å². The van der Waals surface area contributed by atoms with Crippen molar-refractivity contribution in [3.8, 4) is 5.75 Å². The lowest BCUT2D eigenvalue weighted by Gasteiger charge is -2.21. The van der Waals surface area contributed by atoms with Gasteiger partial charge in [0.2, 0.25) is 5.91 Å². The molecule has 2 heterocycles. The maximum Gasteiger partial charge on any atom is 0.246 e. The lowest BCUT2D eigenvalue weighted by Crippen LogP contribution is -2.27. The molecule has 1 atom stereocenters.